The van der Waals surface area contributed by atoms with Crippen molar-refractivity contribution in [3.8, 4) is 0 Å². The predicted molar refractivity (Wildman–Crippen MR) is 92.9 cm³/mol. The number of hydrogen-bond acceptors (Lipinski definition) is 5. The van der Waals surface area contributed by atoms with Gasteiger partial charge in [-0.3, -0.25) is 0 Å². The molecular formula is C17H25N5. The summed E-state index contributed by atoms with van der Waals surface area (Å²) in [7, 11) is 4.16. The highest BCUT2D eigenvalue weighted by atomic mass is 15.1. The molecule has 1 heterocycles. The lowest BCUT2D eigenvalue weighted by Crippen LogP contribution is -2.16. The van der Waals surface area contributed by atoms with Gasteiger partial charge < -0.3 is 15.5 Å². The first-order chi connectivity index (χ1) is 10.5. The molecule has 0 radical (unpaired) electrons. The van der Waals surface area contributed by atoms with Crippen molar-refractivity contribution in [1.82, 2.24) is 14.9 Å². The lowest BCUT2D eigenvalue weighted by atomic mass is 10.1. The molecule has 0 saturated heterocycles. The predicted octanol–water partition coefficient (Wildman–Crippen LogP) is 3.20. The Morgan fingerprint density at radius 2 is 1.82 bits per heavy atom. The second kappa shape index (κ2) is 7.75. The first-order valence-electron chi connectivity index (χ1n) is 7.59. The van der Waals surface area contributed by atoms with Crippen LogP contribution in [-0.4, -0.2) is 42.1 Å². The van der Waals surface area contributed by atoms with E-state index in [1.807, 2.05) is 6.07 Å². The molecule has 0 aliphatic carbocycles. The topological polar surface area (TPSA) is 53.1 Å². The van der Waals surface area contributed by atoms with Crippen LogP contribution in [0.5, 0.6) is 0 Å². The smallest absolute Gasteiger partial charge is 0.135 e. The van der Waals surface area contributed by atoms with E-state index in [4.69, 9.17) is 0 Å². The maximum absolute atomic E-state index is 4.28. The molecule has 1 aromatic carbocycles. The zero-order chi connectivity index (χ0) is 15.9. The molecule has 0 aliphatic rings. The molecule has 0 spiro atoms. The van der Waals surface area contributed by atoms with Gasteiger partial charge in [0, 0.05) is 18.3 Å². The van der Waals surface area contributed by atoms with Gasteiger partial charge in [0.1, 0.15) is 18.0 Å². The Balaban J connectivity index is 1.96. The molecule has 2 rings (SSSR count). The van der Waals surface area contributed by atoms with E-state index in [-0.39, 0.29) is 0 Å². The summed E-state index contributed by atoms with van der Waals surface area (Å²) in [5.41, 5.74) is 3.54. The zero-order valence-electron chi connectivity index (χ0n) is 13.8. The highest BCUT2D eigenvalue weighted by molar-refractivity contribution is 5.62. The first kappa shape index (κ1) is 16.2. The molecule has 118 valence electrons. The van der Waals surface area contributed by atoms with E-state index < -0.39 is 0 Å². The van der Waals surface area contributed by atoms with Crippen LogP contribution in [0.3, 0.4) is 0 Å². The summed E-state index contributed by atoms with van der Waals surface area (Å²) in [5, 5.41) is 6.68. The summed E-state index contributed by atoms with van der Waals surface area (Å²) in [6.07, 6.45) is 2.66. The van der Waals surface area contributed by atoms with Crippen molar-refractivity contribution in [3.63, 3.8) is 0 Å². The molecule has 2 N–H and O–H groups in total. The van der Waals surface area contributed by atoms with Gasteiger partial charge in [0.2, 0.25) is 0 Å². The third kappa shape index (κ3) is 5.00. The van der Waals surface area contributed by atoms with E-state index in [9.17, 15) is 0 Å². The van der Waals surface area contributed by atoms with Gasteiger partial charge in [-0.15, -0.1) is 0 Å². The molecular weight excluding hydrogens is 274 g/mol. The molecule has 0 aliphatic heterocycles. The van der Waals surface area contributed by atoms with Crippen LogP contribution in [-0.2, 0) is 0 Å². The average molecular weight is 299 g/mol. The van der Waals surface area contributed by atoms with Gasteiger partial charge in [0.05, 0.1) is 0 Å². The lowest BCUT2D eigenvalue weighted by Gasteiger charge is -2.12. The Morgan fingerprint density at radius 3 is 2.55 bits per heavy atom. The summed E-state index contributed by atoms with van der Waals surface area (Å²) in [6, 6.07) is 8.27. The summed E-state index contributed by atoms with van der Waals surface area (Å²) < 4.78 is 0. The van der Waals surface area contributed by atoms with E-state index in [2.05, 4.69) is 71.6 Å². The van der Waals surface area contributed by atoms with Gasteiger partial charge in [-0.2, -0.15) is 0 Å². The first-order valence-corrected chi connectivity index (χ1v) is 7.59. The highest BCUT2D eigenvalue weighted by Gasteiger charge is 2.02. The van der Waals surface area contributed by atoms with Crippen molar-refractivity contribution in [2.75, 3.05) is 37.8 Å². The van der Waals surface area contributed by atoms with Crippen molar-refractivity contribution in [3.05, 3.63) is 41.7 Å². The Labute approximate surface area is 132 Å². The molecule has 0 unspecified atom stereocenters. The number of aromatic nitrogens is 2. The van der Waals surface area contributed by atoms with Gasteiger partial charge in [-0.1, -0.05) is 17.7 Å². The Morgan fingerprint density at radius 1 is 1.05 bits per heavy atom. The van der Waals surface area contributed by atoms with Crippen LogP contribution in [0.4, 0.5) is 17.3 Å². The molecule has 1 aromatic heterocycles. The Kier molecular flexibility index (Phi) is 5.72. The minimum absolute atomic E-state index is 0.803. The summed E-state index contributed by atoms with van der Waals surface area (Å²) in [4.78, 5) is 10.7. The second-order valence-electron chi connectivity index (χ2n) is 5.82. The molecule has 0 saturated carbocycles. The maximum Gasteiger partial charge on any atom is 0.135 e. The fourth-order valence-electron chi connectivity index (χ4n) is 2.23. The quantitative estimate of drug-likeness (QED) is 0.769. The van der Waals surface area contributed by atoms with Gasteiger partial charge in [0.15, 0.2) is 0 Å². The molecule has 0 atom stereocenters. The number of aryl methyl sites for hydroxylation is 2. The van der Waals surface area contributed by atoms with Crippen LogP contribution in [0.1, 0.15) is 17.5 Å². The van der Waals surface area contributed by atoms with Crippen molar-refractivity contribution in [2.45, 2.75) is 20.3 Å². The second-order valence-corrected chi connectivity index (χ2v) is 5.82. The van der Waals surface area contributed by atoms with E-state index in [0.717, 1.165) is 36.8 Å². The van der Waals surface area contributed by atoms with Crippen molar-refractivity contribution >= 4 is 17.3 Å². The van der Waals surface area contributed by atoms with Gasteiger partial charge >= 0.3 is 0 Å². The molecule has 0 amide bonds. The standard InChI is InChI=1S/C17H25N5/c1-13-6-7-15(14(2)10-13)21-17-11-16(19-12-20-17)18-8-5-9-22(3)4/h6-7,10-12H,5,8-9H2,1-4H3,(H2,18,19,20,21). The monoisotopic (exact) mass is 299 g/mol. The van der Waals surface area contributed by atoms with Crippen molar-refractivity contribution in [1.29, 1.82) is 0 Å². The molecule has 0 fully saturated rings. The van der Waals surface area contributed by atoms with Crippen molar-refractivity contribution in [2.24, 2.45) is 0 Å². The number of hydrogen-bond donors (Lipinski definition) is 2. The maximum atomic E-state index is 4.28. The Hall–Kier alpha value is -2.14. The number of anilines is 3. The normalized spacial score (nSPS) is 10.8. The highest BCUT2D eigenvalue weighted by Crippen LogP contribution is 2.21. The van der Waals surface area contributed by atoms with E-state index in [0.29, 0.717) is 0 Å². The zero-order valence-corrected chi connectivity index (χ0v) is 13.8. The van der Waals surface area contributed by atoms with Crippen LogP contribution >= 0.6 is 0 Å². The van der Waals surface area contributed by atoms with Crippen LogP contribution in [0.25, 0.3) is 0 Å². The molecule has 5 heteroatoms. The Bertz CT molecular complexity index is 610. The van der Waals surface area contributed by atoms with E-state index in [1.165, 1.54) is 11.1 Å². The van der Waals surface area contributed by atoms with E-state index in [1.54, 1.807) is 6.33 Å². The van der Waals surface area contributed by atoms with Gasteiger partial charge in [-0.25, -0.2) is 9.97 Å². The lowest BCUT2D eigenvalue weighted by molar-refractivity contribution is 0.405. The van der Waals surface area contributed by atoms with Gasteiger partial charge in [0.25, 0.3) is 0 Å². The van der Waals surface area contributed by atoms with E-state index >= 15 is 0 Å². The van der Waals surface area contributed by atoms with Crippen LogP contribution < -0.4 is 10.6 Å². The van der Waals surface area contributed by atoms with Gasteiger partial charge in [-0.05, 0) is 52.5 Å². The van der Waals surface area contributed by atoms with Crippen molar-refractivity contribution < 1.29 is 0 Å². The molecule has 22 heavy (non-hydrogen) atoms. The average Bonchev–Trinajstić information content (AvgIpc) is 2.47. The minimum atomic E-state index is 0.803. The molecule has 2 aromatic rings. The van der Waals surface area contributed by atoms with Crippen LogP contribution in [0.2, 0.25) is 0 Å². The SMILES string of the molecule is Cc1ccc(Nc2cc(NCCCN(C)C)ncn2)c(C)c1. The summed E-state index contributed by atoms with van der Waals surface area (Å²) in [6.45, 7) is 6.15. The fraction of sp³-hybridized carbons (Fsp3) is 0.412. The largest absolute Gasteiger partial charge is 0.370 e. The van der Waals surface area contributed by atoms with Crippen LogP contribution in [0.15, 0.2) is 30.6 Å². The third-order valence-electron chi connectivity index (χ3n) is 3.40. The number of benzene rings is 1. The minimum Gasteiger partial charge on any atom is -0.370 e. The van der Waals surface area contributed by atoms with Crippen LogP contribution in [0, 0.1) is 13.8 Å². The third-order valence-corrected chi connectivity index (χ3v) is 3.40. The molecule has 5 nitrogen and oxygen atoms in total. The summed E-state index contributed by atoms with van der Waals surface area (Å²) in [5.74, 6) is 1.65. The molecule has 0 bridgehead atoms. The number of nitrogens with zero attached hydrogens (tertiary/aromatic N) is 3. The fourth-order valence-corrected chi connectivity index (χ4v) is 2.23. The number of nitrogens with one attached hydrogen (secondary N) is 2. The summed E-state index contributed by atoms with van der Waals surface area (Å²) >= 11 is 0. The number of rotatable bonds is 7.